The Morgan fingerprint density at radius 1 is 1.19 bits per heavy atom. The molecule has 0 aromatic carbocycles. The number of fused-ring (bicyclic) bond motifs is 1. The molecule has 5 nitrogen and oxygen atoms in total. The third kappa shape index (κ3) is 2.82. The van der Waals surface area contributed by atoms with E-state index < -0.39 is 11.9 Å². The summed E-state index contributed by atoms with van der Waals surface area (Å²) in [4.78, 5) is 11.6. The minimum Gasteiger partial charge on any atom is -0.337 e. The lowest BCUT2D eigenvalue weighted by atomic mass is 10.3. The van der Waals surface area contributed by atoms with Crippen molar-refractivity contribution in [1.29, 1.82) is 0 Å². The number of nitrogens with zero attached hydrogens (tertiary/aromatic N) is 4. The second-order valence-electron chi connectivity index (χ2n) is 4.12. The van der Waals surface area contributed by atoms with Gasteiger partial charge in [0.15, 0.2) is 11.5 Å². The zero-order valence-electron chi connectivity index (χ0n) is 10.3. The van der Waals surface area contributed by atoms with Crippen LogP contribution in [0.25, 0.3) is 5.65 Å². The molecular weight excluding hydrogens is 351 g/mol. The molecule has 0 atom stereocenters. The molecule has 0 bridgehead atoms. The molecule has 0 saturated heterocycles. The number of anilines is 2. The van der Waals surface area contributed by atoms with Crippen LogP contribution in [0.4, 0.5) is 24.7 Å². The molecule has 0 fully saturated rings. The molecule has 0 radical (unpaired) electrons. The van der Waals surface area contributed by atoms with Crippen molar-refractivity contribution in [2.24, 2.45) is 0 Å². The van der Waals surface area contributed by atoms with Crippen LogP contribution < -0.4 is 5.32 Å². The first-order chi connectivity index (χ1) is 9.93. The summed E-state index contributed by atoms with van der Waals surface area (Å²) in [6.45, 7) is 0. The maximum Gasteiger partial charge on any atom is 0.433 e. The highest BCUT2D eigenvalue weighted by Gasteiger charge is 2.32. The average Bonchev–Trinajstić information content (AvgIpc) is 2.86. The molecule has 9 heteroatoms. The molecule has 0 spiro atoms. The molecule has 3 heterocycles. The number of imidazole rings is 1. The standard InChI is InChI=1S/C12H7BrF3N5/c13-9-6-21-4-3-18-11(21)10(20-9)19-7-1-2-17-8(5-7)12(14,15)16/h1-6H,(H,17,19,20). The van der Waals surface area contributed by atoms with E-state index in [1.807, 2.05) is 0 Å². The maximum absolute atomic E-state index is 12.6. The van der Waals surface area contributed by atoms with E-state index in [1.54, 1.807) is 23.0 Å². The van der Waals surface area contributed by atoms with Gasteiger partial charge in [0, 0.05) is 30.5 Å². The van der Waals surface area contributed by atoms with Gasteiger partial charge in [-0.1, -0.05) is 0 Å². The average molecular weight is 358 g/mol. The summed E-state index contributed by atoms with van der Waals surface area (Å²) in [6, 6.07) is 2.35. The van der Waals surface area contributed by atoms with Crippen LogP contribution in [-0.4, -0.2) is 19.4 Å². The van der Waals surface area contributed by atoms with Gasteiger partial charge in [-0.05, 0) is 28.1 Å². The fraction of sp³-hybridized carbons (Fsp3) is 0.0833. The Morgan fingerprint density at radius 2 is 2.00 bits per heavy atom. The van der Waals surface area contributed by atoms with Crippen molar-refractivity contribution >= 4 is 33.1 Å². The highest BCUT2D eigenvalue weighted by molar-refractivity contribution is 9.10. The number of rotatable bonds is 2. The quantitative estimate of drug-likeness (QED) is 0.760. The third-order valence-corrected chi connectivity index (χ3v) is 3.04. The second-order valence-corrected chi connectivity index (χ2v) is 4.94. The van der Waals surface area contributed by atoms with Gasteiger partial charge in [0.2, 0.25) is 0 Å². The van der Waals surface area contributed by atoms with Gasteiger partial charge in [0.05, 0.1) is 0 Å². The predicted octanol–water partition coefficient (Wildman–Crippen LogP) is 3.65. The summed E-state index contributed by atoms with van der Waals surface area (Å²) in [5.74, 6) is 0.341. The molecule has 0 aliphatic rings. The largest absolute Gasteiger partial charge is 0.433 e. The predicted molar refractivity (Wildman–Crippen MR) is 73.2 cm³/mol. The van der Waals surface area contributed by atoms with Crippen LogP contribution in [0.1, 0.15) is 5.69 Å². The Bertz CT molecular complexity index is 799. The van der Waals surface area contributed by atoms with Gasteiger partial charge in [-0.2, -0.15) is 13.2 Å². The van der Waals surface area contributed by atoms with Crippen LogP contribution in [0.5, 0.6) is 0 Å². The van der Waals surface area contributed by atoms with Crippen molar-refractivity contribution in [3.63, 3.8) is 0 Å². The SMILES string of the molecule is FC(F)(F)c1cc(Nc2nc(Br)cn3ccnc23)ccn1. The second kappa shape index (κ2) is 4.99. The number of aromatic nitrogens is 4. The smallest absolute Gasteiger partial charge is 0.337 e. The summed E-state index contributed by atoms with van der Waals surface area (Å²) in [5, 5.41) is 2.82. The first-order valence-corrected chi connectivity index (χ1v) is 6.52. The molecule has 3 rings (SSSR count). The lowest BCUT2D eigenvalue weighted by Gasteiger charge is -2.10. The van der Waals surface area contributed by atoms with E-state index >= 15 is 0 Å². The first-order valence-electron chi connectivity index (χ1n) is 5.73. The van der Waals surface area contributed by atoms with Crippen molar-refractivity contribution in [2.75, 3.05) is 5.32 Å². The monoisotopic (exact) mass is 357 g/mol. The van der Waals surface area contributed by atoms with Crippen molar-refractivity contribution in [1.82, 2.24) is 19.4 Å². The first kappa shape index (κ1) is 13.8. The minimum absolute atomic E-state index is 0.229. The molecule has 0 saturated carbocycles. The van der Waals surface area contributed by atoms with E-state index in [9.17, 15) is 13.2 Å². The number of hydrogen-bond donors (Lipinski definition) is 1. The van der Waals surface area contributed by atoms with Crippen molar-refractivity contribution in [2.45, 2.75) is 6.18 Å². The van der Waals surface area contributed by atoms with E-state index in [4.69, 9.17) is 0 Å². The van der Waals surface area contributed by atoms with Crippen LogP contribution >= 0.6 is 15.9 Å². The summed E-state index contributed by atoms with van der Waals surface area (Å²) in [5.41, 5.74) is -0.238. The maximum atomic E-state index is 12.6. The summed E-state index contributed by atoms with van der Waals surface area (Å²) in [7, 11) is 0. The highest BCUT2D eigenvalue weighted by atomic mass is 79.9. The normalized spacial score (nSPS) is 11.8. The molecule has 3 aromatic rings. The van der Waals surface area contributed by atoms with E-state index in [2.05, 4.69) is 36.2 Å². The molecule has 0 unspecified atom stereocenters. The van der Waals surface area contributed by atoms with Gasteiger partial charge in [-0.15, -0.1) is 0 Å². The minimum atomic E-state index is -4.50. The Kier molecular flexibility index (Phi) is 3.28. The highest BCUT2D eigenvalue weighted by Crippen LogP contribution is 2.30. The van der Waals surface area contributed by atoms with Gasteiger partial charge in [-0.25, -0.2) is 9.97 Å². The summed E-state index contributed by atoms with van der Waals surface area (Å²) >= 11 is 3.24. The van der Waals surface area contributed by atoms with Crippen molar-refractivity contribution < 1.29 is 13.2 Å². The Hall–Kier alpha value is -2.16. The fourth-order valence-corrected chi connectivity index (χ4v) is 2.18. The number of nitrogens with one attached hydrogen (secondary N) is 1. The van der Waals surface area contributed by atoms with Gasteiger partial charge in [0.25, 0.3) is 0 Å². The number of pyridine rings is 1. The van der Waals surface area contributed by atoms with Gasteiger partial charge in [-0.3, -0.25) is 4.98 Å². The molecular formula is C12H7BrF3N5. The van der Waals surface area contributed by atoms with E-state index in [0.29, 0.717) is 16.1 Å². The molecule has 108 valence electrons. The van der Waals surface area contributed by atoms with Crippen LogP contribution in [0, 0.1) is 0 Å². The molecule has 0 amide bonds. The number of alkyl halides is 3. The summed E-state index contributed by atoms with van der Waals surface area (Å²) < 4.78 is 40.2. The van der Waals surface area contributed by atoms with E-state index in [1.165, 1.54) is 6.07 Å². The van der Waals surface area contributed by atoms with Crippen molar-refractivity contribution in [3.8, 4) is 0 Å². The van der Waals surface area contributed by atoms with Crippen LogP contribution in [-0.2, 0) is 6.18 Å². The lowest BCUT2D eigenvalue weighted by Crippen LogP contribution is -2.08. The third-order valence-electron chi connectivity index (χ3n) is 2.66. The van der Waals surface area contributed by atoms with Gasteiger partial charge in [0.1, 0.15) is 10.3 Å². The lowest BCUT2D eigenvalue weighted by molar-refractivity contribution is -0.141. The number of hydrogen-bond acceptors (Lipinski definition) is 4. The molecule has 21 heavy (non-hydrogen) atoms. The zero-order valence-corrected chi connectivity index (χ0v) is 11.9. The van der Waals surface area contributed by atoms with Gasteiger partial charge >= 0.3 is 6.18 Å². The molecule has 0 aliphatic carbocycles. The zero-order chi connectivity index (χ0) is 15.0. The molecule has 3 aromatic heterocycles. The molecule has 1 N–H and O–H groups in total. The molecule has 0 aliphatic heterocycles. The van der Waals surface area contributed by atoms with E-state index in [0.717, 1.165) is 12.3 Å². The van der Waals surface area contributed by atoms with Crippen LogP contribution in [0.15, 0.2) is 41.5 Å². The van der Waals surface area contributed by atoms with Crippen LogP contribution in [0.3, 0.4) is 0 Å². The van der Waals surface area contributed by atoms with Crippen molar-refractivity contribution in [3.05, 3.63) is 47.2 Å². The Balaban J connectivity index is 2.01. The fourth-order valence-electron chi connectivity index (χ4n) is 1.78. The van der Waals surface area contributed by atoms with E-state index in [-0.39, 0.29) is 5.69 Å². The Labute approximate surface area is 125 Å². The number of halogens is 4. The Morgan fingerprint density at radius 3 is 2.76 bits per heavy atom. The van der Waals surface area contributed by atoms with Gasteiger partial charge < -0.3 is 9.72 Å². The summed E-state index contributed by atoms with van der Waals surface area (Å²) in [6.07, 6.45) is 1.57. The topological polar surface area (TPSA) is 55.1 Å². The van der Waals surface area contributed by atoms with Crippen LogP contribution in [0.2, 0.25) is 0 Å².